The van der Waals surface area contributed by atoms with E-state index in [1.807, 2.05) is 12.1 Å². The minimum atomic E-state index is -0.480. The first-order chi connectivity index (χ1) is 13.0. The van der Waals surface area contributed by atoms with Crippen LogP contribution in [0.25, 0.3) is 0 Å². The van der Waals surface area contributed by atoms with Crippen LogP contribution in [0.15, 0.2) is 42.5 Å². The highest BCUT2D eigenvalue weighted by Crippen LogP contribution is 2.23. The summed E-state index contributed by atoms with van der Waals surface area (Å²) < 4.78 is 0. The van der Waals surface area contributed by atoms with Crippen LogP contribution in [0, 0.1) is 27.9 Å². The highest BCUT2D eigenvalue weighted by molar-refractivity contribution is 6.30. The van der Waals surface area contributed by atoms with Gasteiger partial charge in [-0.05, 0) is 68.1 Å². The molecule has 2 aromatic rings. The summed E-state index contributed by atoms with van der Waals surface area (Å²) in [6.07, 6.45) is 3.39. The number of rotatable bonds is 4. The Morgan fingerprint density at radius 1 is 1.19 bits per heavy atom. The van der Waals surface area contributed by atoms with Gasteiger partial charge in [0.1, 0.15) is 5.69 Å². The third-order valence-corrected chi connectivity index (χ3v) is 5.16. The summed E-state index contributed by atoms with van der Waals surface area (Å²) in [5.41, 5.74) is 7.63. The molecule has 2 aromatic carbocycles. The van der Waals surface area contributed by atoms with Crippen molar-refractivity contribution in [3.8, 4) is 11.8 Å². The number of benzene rings is 2. The minimum absolute atomic E-state index is 0.0928. The number of anilines is 1. The van der Waals surface area contributed by atoms with E-state index in [4.69, 9.17) is 17.3 Å². The number of likely N-dealkylation sites (tertiary alicyclic amines) is 1. The molecule has 0 spiro atoms. The summed E-state index contributed by atoms with van der Waals surface area (Å²) in [4.78, 5) is 12.8. The van der Waals surface area contributed by atoms with Crippen LogP contribution < -0.4 is 5.73 Å². The van der Waals surface area contributed by atoms with Crippen molar-refractivity contribution in [2.45, 2.75) is 19.3 Å². The number of halogens is 1. The standard InChI is InChI=1S/C21H22ClN3O2/c22-19-6-3-17(4-7-19)14-18-9-12-24(13-10-18)11-1-2-16-5-8-20(23)21(15-16)25(26)27/h3-8,15,18H,9-14,23H2. The highest BCUT2D eigenvalue weighted by Gasteiger charge is 2.18. The second-order valence-electron chi connectivity index (χ2n) is 6.88. The van der Waals surface area contributed by atoms with Crippen LogP contribution in [-0.4, -0.2) is 29.5 Å². The van der Waals surface area contributed by atoms with Crippen molar-refractivity contribution in [1.29, 1.82) is 0 Å². The van der Waals surface area contributed by atoms with Gasteiger partial charge in [0.05, 0.1) is 11.5 Å². The number of hydrogen-bond donors (Lipinski definition) is 1. The molecule has 1 saturated heterocycles. The molecule has 6 heteroatoms. The molecule has 0 unspecified atom stereocenters. The van der Waals surface area contributed by atoms with Crippen molar-refractivity contribution in [3.05, 3.63) is 68.7 Å². The van der Waals surface area contributed by atoms with Crippen molar-refractivity contribution in [3.63, 3.8) is 0 Å². The molecule has 0 aliphatic carbocycles. The summed E-state index contributed by atoms with van der Waals surface area (Å²) in [6.45, 7) is 2.72. The van der Waals surface area contributed by atoms with Gasteiger partial charge in [0.25, 0.3) is 5.69 Å². The number of nitrogens with two attached hydrogens (primary N) is 1. The van der Waals surface area contributed by atoms with Gasteiger partial charge in [-0.3, -0.25) is 15.0 Å². The topological polar surface area (TPSA) is 72.4 Å². The second kappa shape index (κ2) is 8.90. The normalized spacial score (nSPS) is 15.1. The number of piperidine rings is 1. The molecule has 0 bridgehead atoms. The lowest BCUT2D eigenvalue weighted by Crippen LogP contribution is -2.34. The molecule has 2 N–H and O–H groups in total. The molecular weight excluding hydrogens is 362 g/mol. The average Bonchev–Trinajstić information content (AvgIpc) is 2.66. The van der Waals surface area contributed by atoms with Crippen molar-refractivity contribution >= 4 is 23.0 Å². The van der Waals surface area contributed by atoms with E-state index in [0.29, 0.717) is 18.0 Å². The van der Waals surface area contributed by atoms with Crippen LogP contribution in [0.1, 0.15) is 24.0 Å². The lowest BCUT2D eigenvalue weighted by molar-refractivity contribution is -0.383. The van der Waals surface area contributed by atoms with E-state index in [1.54, 1.807) is 6.07 Å². The van der Waals surface area contributed by atoms with E-state index < -0.39 is 4.92 Å². The van der Waals surface area contributed by atoms with Gasteiger partial charge in [0.15, 0.2) is 0 Å². The molecular formula is C21H22ClN3O2. The predicted molar refractivity (Wildman–Crippen MR) is 109 cm³/mol. The van der Waals surface area contributed by atoms with Gasteiger partial charge >= 0.3 is 0 Å². The third-order valence-electron chi connectivity index (χ3n) is 4.91. The molecule has 0 aromatic heterocycles. The monoisotopic (exact) mass is 383 g/mol. The third kappa shape index (κ3) is 5.46. The zero-order valence-corrected chi connectivity index (χ0v) is 15.8. The van der Waals surface area contributed by atoms with Gasteiger partial charge in [0, 0.05) is 16.7 Å². The van der Waals surface area contributed by atoms with Gasteiger partial charge in [-0.25, -0.2) is 0 Å². The zero-order chi connectivity index (χ0) is 19.2. The van der Waals surface area contributed by atoms with Crippen LogP contribution in [0.4, 0.5) is 11.4 Å². The molecule has 1 fully saturated rings. The molecule has 5 nitrogen and oxygen atoms in total. The maximum atomic E-state index is 10.9. The van der Waals surface area contributed by atoms with Crippen molar-refractivity contribution in [1.82, 2.24) is 4.90 Å². The molecule has 27 heavy (non-hydrogen) atoms. The maximum absolute atomic E-state index is 10.9. The summed E-state index contributed by atoms with van der Waals surface area (Å²) >= 11 is 5.94. The highest BCUT2D eigenvalue weighted by atomic mass is 35.5. The van der Waals surface area contributed by atoms with Crippen molar-refractivity contribution in [2.24, 2.45) is 5.92 Å². The first kappa shape index (κ1) is 19.2. The van der Waals surface area contributed by atoms with E-state index in [9.17, 15) is 10.1 Å². The second-order valence-corrected chi connectivity index (χ2v) is 7.32. The number of nitrogen functional groups attached to an aromatic ring is 1. The lowest BCUT2D eigenvalue weighted by atomic mass is 9.90. The van der Waals surface area contributed by atoms with Crippen LogP contribution in [0.2, 0.25) is 5.02 Å². The van der Waals surface area contributed by atoms with Gasteiger partial charge in [-0.1, -0.05) is 35.6 Å². The summed E-state index contributed by atoms with van der Waals surface area (Å²) in [5, 5.41) is 11.7. The largest absolute Gasteiger partial charge is 0.393 e. The first-order valence-corrected chi connectivity index (χ1v) is 9.38. The number of nitrogens with zero attached hydrogens (tertiary/aromatic N) is 2. The van der Waals surface area contributed by atoms with Gasteiger partial charge in [-0.15, -0.1) is 0 Å². The minimum Gasteiger partial charge on any atom is -0.393 e. The van der Waals surface area contributed by atoms with E-state index in [1.165, 1.54) is 17.7 Å². The Labute approximate surface area is 164 Å². The van der Waals surface area contributed by atoms with Crippen LogP contribution in [0.3, 0.4) is 0 Å². The molecule has 1 aliphatic rings. The first-order valence-electron chi connectivity index (χ1n) is 9.01. The summed E-state index contributed by atoms with van der Waals surface area (Å²) in [7, 11) is 0. The van der Waals surface area contributed by atoms with E-state index >= 15 is 0 Å². The fourth-order valence-electron chi connectivity index (χ4n) is 3.34. The Morgan fingerprint density at radius 3 is 2.56 bits per heavy atom. The Bertz CT molecular complexity index is 863. The van der Waals surface area contributed by atoms with Crippen LogP contribution >= 0.6 is 11.6 Å². The molecule has 3 rings (SSSR count). The number of hydrogen-bond acceptors (Lipinski definition) is 4. The fraction of sp³-hybridized carbons (Fsp3) is 0.333. The Balaban J connectivity index is 1.49. The molecule has 1 heterocycles. The van der Waals surface area contributed by atoms with Crippen molar-refractivity contribution < 1.29 is 4.92 Å². The quantitative estimate of drug-likeness (QED) is 0.373. The fourth-order valence-corrected chi connectivity index (χ4v) is 3.46. The molecule has 0 atom stereocenters. The van der Waals surface area contributed by atoms with Crippen molar-refractivity contribution in [2.75, 3.05) is 25.4 Å². The Kier molecular flexibility index (Phi) is 6.33. The van der Waals surface area contributed by atoms with E-state index in [0.717, 1.165) is 37.4 Å². The van der Waals surface area contributed by atoms with Gasteiger partial charge in [-0.2, -0.15) is 0 Å². The molecule has 1 aliphatic heterocycles. The molecule has 140 valence electrons. The SMILES string of the molecule is Nc1ccc(C#CCN2CCC(Cc3ccc(Cl)cc3)CC2)cc1[N+](=O)[O-]. The summed E-state index contributed by atoms with van der Waals surface area (Å²) in [6, 6.07) is 12.8. The Hall–Kier alpha value is -2.55. The van der Waals surface area contributed by atoms with E-state index in [-0.39, 0.29) is 11.4 Å². The Morgan fingerprint density at radius 2 is 1.89 bits per heavy atom. The smallest absolute Gasteiger partial charge is 0.293 e. The molecule has 0 saturated carbocycles. The lowest BCUT2D eigenvalue weighted by Gasteiger charge is -2.30. The number of nitro benzene ring substituents is 1. The molecule has 0 radical (unpaired) electrons. The average molecular weight is 384 g/mol. The van der Waals surface area contributed by atoms with Crippen LogP contribution in [-0.2, 0) is 6.42 Å². The number of nitro groups is 1. The maximum Gasteiger partial charge on any atom is 0.293 e. The van der Waals surface area contributed by atoms with Gasteiger partial charge in [0.2, 0.25) is 0 Å². The van der Waals surface area contributed by atoms with E-state index in [2.05, 4.69) is 28.9 Å². The zero-order valence-electron chi connectivity index (χ0n) is 15.0. The molecule has 0 amide bonds. The van der Waals surface area contributed by atoms with Crippen LogP contribution in [0.5, 0.6) is 0 Å². The predicted octanol–water partition coefficient (Wildman–Crippen LogP) is 4.14. The van der Waals surface area contributed by atoms with Gasteiger partial charge < -0.3 is 5.73 Å². The summed E-state index contributed by atoms with van der Waals surface area (Å²) in [5.74, 6) is 6.82.